The minimum Gasteiger partial charge on any atom is -0.432 e. The molecule has 0 radical (unpaired) electrons. The highest BCUT2D eigenvalue weighted by atomic mass is 16.7. The van der Waals surface area contributed by atoms with Gasteiger partial charge in [-0.1, -0.05) is 25.5 Å². The maximum Gasteiger partial charge on any atom is 0.314 e. The lowest BCUT2D eigenvalue weighted by molar-refractivity contribution is -0.297. The molecule has 5 N–H and O–H groups in total. The monoisotopic (exact) mass is 494 g/mol. The third kappa shape index (κ3) is 3.49. The molecule has 1 heterocycles. The average molecular weight is 495 g/mol. The van der Waals surface area contributed by atoms with Gasteiger partial charge in [0.25, 0.3) is 0 Å². The van der Waals surface area contributed by atoms with E-state index in [9.17, 15) is 35.1 Å². The number of hydrogen-bond donors (Lipinski definition) is 5. The minimum absolute atomic E-state index is 0.000692. The zero-order valence-corrected chi connectivity index (χ0v) is 20.4. The predicted octanol–water partition coefficient (Wildman–Crippen LogP) is 0.448. The van der Waals surface area contributed by atoms with Crippen molar-refractivity contribution in [2.45, 2.75) is 95.6 Å². The van der Waals surface area contributed by atoms with Gasteiger partial charge in [-0.3, -0.25) is 9.59 Å². The second-order valence-electron chi connectivity index (χ2n) is 12.3. The first-order valence-corrected chi connectivity index (χ1v) is 12.8. The smallest absolute Gasteiger partial charge is 0.314 e. The lowest BCUT2D eigenvalue weighted by Crippen LogP contribution is -2.65. The van der Waals surface area contributed by atoms with Crippen molar-refractivity contribution in [1.29, 1.82) is 0 Å². The molecule has 12 unspecified atom stereocenters. The third-order valence-electron chi connectivity index (χ3n) is 10.2. The van der Waals surface area contributed by atoms with Crippen molar-refractivity contribution in [3.05, 3.63) is 12.2 Å². The van der Waals surface area contributed by atoms with E-state index in [-0.39, 0.29) is 23.0 Å². The molecule has 5 fully saturated rings. The molecule has 0 amide bonds. The second kappa shape index (κ2) is 8.33. The molecule has 1 saturated heterocycles. The van der Waals surface area contributed by atoms with E-state index < -0.39 is 66.1 Å². The van der Waals surface area contributed by atoms with Crippen LogP contribution < -0.4 is 0 Å². The summed E-state index contributed by atoms with van der Waals surface area (Å²) in [5, 5.41) is 51.2. The Kier molecular flexibility index (Phi) is 6.02. The minimum atomic E-state index is -1.71. The van der Waals surface area contributed by atoms with Gasteiger partial charge < -0.3 is 35.0 Å². The number of carbonyl (C=O) groups excluding carboxylic acids is 2. The zero-order valence-electron chi connectivity index (χ0n) is 20.4. The molecule has 4 aliphatic carbocycles. The maximum atomic E-state index is 13.8. The van der Waals surface area contributed by atoms with Crippen LogP contribution in [-0.4, -0.2) is 80.7 Å². The first-order chi connectivity index (χ1) is 16.4. The van der Waals surface area contributed by atoms with E-state index in [4.69, 9.17) is 9.47 Å². The van der Waals surface area contributed by atoms with Crippen molar-refractivity contribution in [2.24, 2.45) is 34.0 Å². The fourth-order valence-corrected chi connectivity index (χ4v) is 8.99. The highest BCUT2D eigenvalue weighted by molar-refractivity contribution is 5.91. The summed E-state index contributed by atoms with van der Waals surface area (Å²) in [6.45, 7) is 7.34. The number of rotatable bonds is 3. The normalized spacial score (nSPS) is 53.6. The van der Waals surface area contributed by atoms with Crippen LogP contribution in [0.1, 0.15) is 58.8 Å². The van der Waals surface area contributed by atoms with Crippen molar-refractivity contribution in [3.63, 3.8) is 0 Å². The van der Waals surface area contributed by atoms with Gasteiger partial charge in [0.05, 0.1) is 18.1 Å². The van der Waals surface area contributed by atoms with Gasteiger partial charge in [-0.2, -0.15) is 0 Å². The molecule has 1 spiro atoms. The van der Waals surface area contributed by atoms with Crippen molar-refractivity contribution < 1.29 is 44.6 Å². The molecule has 0 aromatic carbocycles. The fraction of sp³-hybridized carbons (Fsp3) is 0.846. The summed E-state index contributed by atoms with van der Waals surface area (Å²) in [7, 11) is 0. The zero-order chi connectivity index (χ0) is 25.5. The van der Waals surface area contributed by atoms with Gasteiger partial charge in [0.1, 0.15) is 30.2 Å². The van der Waals surface area contributed by atoms with Gasteiger partial charge in [0.2, 0.25) is 6.29 Å². The molecule has 1 aliphatic heterocycles. The lowest BCUT2D eigenvalue weighted by Gasteiger charge is -2.63. The van der Waals surface area contributed by atoms with E-state index in [0.717, 1.165) is 18.4 Å². The third-order valence-corrected chi connectivity index (χ3v) is 10.2. The summed E-state index contributed by atoms with van der Waals surface area (Å²) in [6, 6.07) is 0. The van der Waals surface area contributed by atoms with Gasteiger partial charge in [-0.15, -0.1) is 0 Å². The van der Waals surface area contributed by atoms with E-state index in [1.54, 1.807) is 6.92 Å². The number of carbonyl (C=O) groups is 2. The molecule has 0 aromatic rings. The van der Waals surface area contributed by atoms with Gasteiger partial charge in [0.15, 0.2) is 0 Å². The number of hydrogen-bond acceptors (Lipinski definition) is 9. The molecule has 196 valence electrons. The highest BCUT2D eigenvalue weighted by Gasteiger charge is 2.70. The number of Topliss-reactive ketones (excluding diaryl/α,β-unsaturated/α-hetero) is 1. The van der Waals surface area contributed by atoms with Gasteiger partial charge >= 0.3 is 5.97 Å². The summed E-state index contributed by atoms with van der Waals surface area (Å²) in [5.74, 6) is -1.29. The predicted molar refractivity (Wildman–Crippen MR) is 121 cm³/mol. The number of esters is 1. The van der Waals surface area contributed by atoms with Crippen LogP contribution >= 0.6 is 0 Å². The molecule has 2 bridgehead atoms. The summed E-state index contributed by atoms with van der Waals surface area (Å²) in [4.78, 5) is 27.5. The van der Waals surface area contributed by atoms with Crippen molar-refractivity contribution in [1.82, 2.24) is 0 Å². The molecular weight excluding hydrogens is 456 g/mol. The van der Waals surface area contributed by atoms with Crippen molar-refractivity contribution in [2.75, 3.05) is 6.61 Å². The number of aliphatic hydroxyl groups excluding tert-OH is 5. The van der Waals surface area contributed by atoms with Gasteiger partial charge in [-0.05, 0) is 61.7 Å². The second-order valence-corrected chi connectivity index (χ2v) is 12.3. The number of aliphatic hydroxyl groups is 5. The molecule has 4 saturated carbocycles. The van der Waals surface area contributed by atoms with E-state index in [1.165, 1.54) is 0 Å². The molecule has 5 rings (SSSR count). The standard InChI is InChI=1S/C26H38O9/c1-12-8-26-9-13(12)7-14(28)21(26)24(2)5-4-6-25(3,20(24)15(29)10-26)23(33)35-22-19(32)18(31)17(30)16(11-27)34-22/h13-14,16-22,27-28,30-32H,1,4-11H2,2-3H3. The van der Waals surface area contributed by atoms with Crippen LogP contribution in [0.4, 0.5) is 0 Å². The van der Waals surface area contributed by atoms with Crippen LogP contribution in [0.5, 0.6) is 0 Å². The SMILES string of the molecule is C=C1CC23CC(=O)C4C(C)(C(=O)OC5OC(CO)C(O)C(O)C5O)CCCC4(C)C2C(O)CC1C3. The molecular formula is C26H38O9. The van der Waals surface area contributed by atoms with E-state index in [0.29, 0.717) is 32.1 Å². The van der Waals surface area contributed by atoms with Crippen molar-refractivity contribution in [3.8, 4) is 0 Å². The molecule has 12 atom stereocenters. The summed E-state index contributed by atoms with van der Waals surface area (Å²) in [6.07, 6.45) is -3.99. The van der Waals surface area contributed by atoms with Gasteiger partial charge in [-0.25, -0.2) is 0 Å². The quantitative estimate of drug-likeness (QED) is 0.278. The summed E-state index contributed by atoms with van der Waals surface area (Å²) >= 11 is 0. The highest BCUT2D eigenvalue weighted by Crippen LogP contribution is 2.71. The molecule has 0 aromatic heterocycles. The Labute approximate surface area is 205 Å². The Balaban J connectivity index is 1.45. The van der Waals surface area contributed by atoms with E-state index >= 15 is 0 Å². The molecule has 9 nitrogen and oxygen atoms in total. The first-order valence-electron chi connectivity index (χ1n) is 12.8. The Hall–Kier alpha value is -1.36. The molecule has 9 heteroatoms. The Morgan fingerprint density at radius 3 is 2.51 bits per heavy atom. The fourth-order valence-electron chi connectivity index (χ4n) is 8.99. The van der Waals surface area contributed by atoms with Crippen LogP contribution in [0.3, 0.4) is 0 Å². The lowest BCUT2D eigenvalue weighted by atomic mass is 9.40. The van der Waals surface area contributed by atoms with Crippen LogP contribution in [0.25, 0.3) is 0 Å². The van der Waals surface area contributed by atoms with Crippen LogP contribution in [0.15, 0.2) is 12.2 Å². The number of fused-ring (bicyclic) bond motifs is 3. The Morgan fingerprint density at radius 2 is 1.83 bits per heavy atom. The van der Waals surface area contributed by atoms with Gasteiger partial charge in [0, 0.05) is 12.3 Å². The van der Waals surface area contributed by atoms with Crippen LogP contribution in [0, 0.1) is 34.0 Å². The van der Waals surface area contributed by atoms with Crippen molar-refractivity contribution >= 4 is 11.8 Å². The number of allylic oxidation sites excluding steroid dienone is 1. The molecule has 35 heavy (non-hydrogen) atoms. The summed E-state index contributed by atoms with van der Waals surface area (Å²) in [5.41, 5.74) is -1.02. The van der Waals surface area contributed by atoms with Crippen LogP contribution in [-0.2, 0) is 19.1 Å². The topological polar surface area (TPSA) is 154 Å². The largest absolute Gasteiger partial charge is 0.432 e. The maximum absolute atomic E-state index is 13.8. The molecule has 5 aliphatic rings. The average Bonchev–Trinajstić information content (AvgIpc) is 3.01. The Bertz CT molecular complexity index is 918. The van der Waals surface area contributed by atoms with Crippen LogP contribution in [0.2, 0.25) is 0 Å². The Morgan fingerprint density at radius 1 is 1.11 bits per heavy atom. The summed E-state index contributed by atoms with van der Waals surface area (Å²) < 4.78 is 10.9. The van der Waals surface area contributed by atoms with E-state index in [2.05, 4.69) is 6.58 Å². The number of ether oxygens (including phenoxy) is 2. The number of ketones is 1. The first kappa shape index (κ1) is 25.3. The van der Waals surface area contributed by atoms with E-state index in [1.807, 2.05) is 6.92 Å².